The monoisotopic (exact) mass is 441 g/mol. The molecule has 4 rings (SSSR count). The summed E-state index contributed by atoms with van der Waals surface area (Å²) in [6, 6.07) is 13.2. The molecule has 1 aromatic heterocycles. The van der Waals surface area contributed by atoms with Crippen LogP contribution in [-0.2, 0) is 6.42 Å². The van der Waals surface area contributed by atoms with E-state index in [4.69, 9.17) is 4.74 Å². The number of carbonyl (C=O) groups excluding carboxylic acids is 1. The van der Waals surface area contributed by atoms with Crippen molar-refractivity contribution in [2.45, 2.75) is 19.7 Å². The van der Waals surface area contributed by atoms with E-state index >= 15 is 0 Å². The number of alkyl halides is 3. The van der Waals surface area contributed by atoms with E-state index in [1.165, 1.54) is 12.1 Å². The lowest BCUT2D eigenvalue weighted by molar-refractivity contribution is -0.274. The molecule has 3 aromatic rings. The first-order chi connectivity index (χ1) is 15.3. The standard InChI is InChI=1S/C23H18F3N3O3/c1-14-7-8-15-4-2-6-19(20(14)15)31-21-18(5-3-13-27-21)29-22(30)28-16-9-11-17(12-10-16)32-23(24,25)26/h2-7,9-13H,8H2,1H3,(H2,28,29,30). The van der Waals surface area contributed by atoms with Crippen molar-refractivity contribution in [2.24, 2.45) is 0 Å². The number of amides is 2. The Balaban J connectivity index is 1.45. The second-order valence-corrected chi connectivity index (χ2v) is 6.99. The van der Waals surface area contributed by atoms with E-state index in [9.17, 15) is 18.0 Å². The van der Waals surface area contributed by atoms with Crippen LogP contribution in [0.5, 0.6) is 17.4 Å². The van der Waals surface area contributed by atoms with Crippen LogP contribution in [0.1, 0.15) is 18.1 Å². The lowest BCUT2D eigenvalue weighted by Crippen LogP contribution is -2.20. The van der Waals surface area contributed by atoms with E-state index in [1.54, 1.807) is 18.3 Å². The average molecular weight is 441 g/mol. The molecular weight excluding hydrogens is 423 g/mol. The summed E-state index contributed by atoms with van der Waals surface area (Å²) in [5, 5.41) is 5.19. The lowest BCUT2D eigenvalue weighted by atomic mass is 10.1. The molecule has 0 radical (unpaired) electrons. The molecule has 0 bridgehead atoms. The molecule has 1 heterocycles. The Morgan fingerprint density at radius 2 is 1.81 bits per heavy atom. The fraction of sp³-hybridized carbons (Fsp3) is 0.130. The Morgan fingerprint density at radius 1 is 1.03 bits per heavy atom. The highest BCUT2D eigenvalue weighted by Gasteiger charge is 2.31. The first-order valence-corrected chi connectivity index (χ1v) is 9.64. The highest BCUT2D eigenvalue weighted by atomic mass is 19.4. The van der Waals surface area contributed by atoms with Crippen molar-refractivity contribution in [3.05, 3.63) is 78.0 Å². The number of fused-ring (bicyclic) bond motifs is 1. The average Bonchev–Trinajstić information content (AvgIpc) is 3.12. The number of hydrogen-bond donors (Lipinski definition) is 2. The maximum absolute atomic E-state index is 12.4. The summed E-state index contributed by atoms with van der Waals surface area (Å²) in [5.74, 6) is 0.465. The molecule has 0 atom stereocenters. The molecule has 164 valence electrons. The van der Waals surface area contributed by atoms with Gasteiger partial charge < -0.3 is 20.1 Å². The molecular formula is C23H18F3N3O3. The Hall–Kier alpha value is -4.01. The van der Waals surface area contributed by atoms with Gasteiger partial charge in [0, 0.05) is 17.4 Å². The number of anilines is 2. The summed E-state index contributed by atoms with van der Waals surface area (Å²) in [6.45, 7) is 2.01. The topological polar surface area (TPSA) is 72.5 Å². The van der Waals surface area contributed by atoms with E-state index < -0.39 is 12.4 Å². The van der Waals surface area contributed by atoms with E-state index in [0.29, 0.717) is 11.4 Å². The summed E-state index contributed by atoms with van der Waals surface area (Å²) >= 11 is 0. The number of benzene rings is 2. The molecule has 0 fully saturated rings. The van der Waals surface area contributed by atoms with Crippen molar-refractivity contribution in [1.82, 2.24) is 4.98 Å². The van der Waals surface area contributed by atoms with Gasteiger partial charge in [-0.15, -0.1) is 13.2 Å². The number of urea groups is 1. The summed E-state index contributed by atoms with van der Waals surface area (Å²) in [6.07, 6.45) is -0.283. The van der Waals surface area contributed by atoms with Gasteiger partial charge in [-0.3, -0.25) is 0 Å². The van der Waals surface area contributed by atoms with Crippen molar-refractivity contribution in [3.63, 3.8) is 0 Å². The van der Waals surface area contributed by atoms with Crippen LogP contribution < -0.4 is 20.1 Å². The third-order valence-corrected chi connectivity index (χ3v) is 4.71. The molecule has 0 spiro atoms. The fourth-order valence-electron chi connectivity index (χ4n) is 3.34. The molecule has 6 nitrogen and oxygen atoms in total. The smallest absolute Gasteiger partial charge is 0.436 e. The first kappa shape index (κ1) is 21.2. The Morgan fingerprint density at radius 3 is 2.56 bits per heavy atom. The molecule has 2 amide bonds. The second kappa shape index (κ2) is 8.62. The normalized spacial score (nSPS) is 12.6. The molecule has 32 heavy (non-hydrogen) atoms. The van der Waals surface area contributed by atoms with E-state index in [2.05, 4.69) is 26.4 Å². The summed E-state index contributed by atoms with van der Waals surface area (Å²) < 4.78 is 46.6. The lowest BCUT2D eigenvalue weighted by Gasteiger charge is -2.15. The van der Waals surface area contributed by atoms with E-state index in [0.717, 1.165) is 35.3 Å². The van der Waals surface area contributed by atoms with Crippen LogP contribution in [0, 0.1) is 0 Å². The van der Waals surface area contributed by atoms with Gasteiger partial charge in [-0.1, -0.05) is 18.2 Å². The third-order valence-electron chi connectivity index (χ3n) is 4.71. The van der Waals surface area contributed by atoms with Gasteiger partial charge in [0.1, 0.15) is 17.2 Å². The van der Waals surface area contributed by atoms with Crippen molar-refractivity contribution >= 4 is 23.0 Å². The third kappa shape index (κ3) is 5.00. The number of hydrogen-bond acceptors (Lipinski definition) is 4. The highest BCUT2D eigenvalue weighted by Crippen LogP contribution is 2.38. The molecule has 2 N–H and O–H groups in total. The summed E-state index contributed by atoms with van der Waals surface area (Å²) in [4.78, 5) is 16.6. The van der Waals surface area contributed by atoms with E-state index in [-0.39, 0.29) is 17.3 Å². The van der Waals surface area contributed by atoms with Crippen LogP contribution in [0.25, 0.3) is 5.57 Å². The van der Waals surface area contributed by atoms with Gasteiger partial charge in [0.25, 0.3) is 0 Å². The minimum atomic E-state index is -4.78. The molecule has 9 heteroatoms. The van der Waals surface area contributed by atoms with Gasteiger partial charge in [-0.05, 0) is 66.9 Å². The SMILES string of the molecule is CC1=CCc2cccc(Oc3ncccc3NC(=O)Nc3ccc(OC(F)(F)F)cc3)c21. The molecule has 0 unspecified atom stereocenters. The van der Waals surface area contributed by atoms with Gasteiger partial charge in [0.15, 0.2) is 0 Å². The number of aromatic nitrogens is 1. The fourth-order valence-corrected chi connectivity index (χ4v) is 3.34. The minimum absolute atomic E-state index is 0.213. The number of allylic oxidation sites excluding steroid dienone is 2. The van der Waals surface area contributed by atoms with Gasteiger partial charge in [0.05, 0.1) is 0 Å². The molecule has 2 aromatic carbocycles. The zero-order valence-corrected chi connectivity index (χ0v) is 16.9. The number of carbonyl (C=O) groups is 1. The Bertz CT molecular complexity index is 1180. The number of pyridine rings is 1. The number of ether oxygens (including phenoxy) is 2. The molecule has 0 saturated carbocycles. The van der Waals surface area contributed by atoms with Gasteiger partial charge in [0.2, 0.25) is 5.88 Å². The largest absolute Gasteiger partial charge is 0.573 e. The maximum atomic E-state index is 12.4. The van der Waals surface area contributed by atoms with Gasteiger partial charge in [-0.2, -0.15) is 0 Å². The first-order valence-electron chi connectivity index (χ1n) is 9.64. The molecule has 0 saturated heterocycles. The number of nitrogens with zero attached hydrogens (tertiary/aromatic N) is 1. The quantitative estimate of drug-likeness (QED) is 0.482. The zero-order valence-electron chi connectivity index (χ0n) is 16.9. The molecule has 0 aliphatic heterocycles. The van der Waals surface area contributed by atoms with Crippen molar-refractivity contribution in [1.29, 1.82) is 0 Å². The highest BCUT2D eigenvalue weighted by molar-refractivity contribution is 6.00. The number of rotatable bonds is 5. The van der Waals surface area contributed by atoms with Crippen LogP contribution >= 0.6 is 0 Å². The van der Waals surface area contributed by atoms with Gasteiger partial charge in [-0.25, -0.2) is 9.78 Å². The van der Waals surface area contributed by atoms with Crippen LogP contribution in [0.3, 0.4) is 0 Å². The predicted octanol–water partition coefficient (Wildman–Crippen LogP) is 6.38. The van der Waals surface area contributed by atoms with E-state index in [1.807, 2.05) is 25.1 Å². The summed E-state index contributed by atoms with van der Waals surface area (Å²) in [7, 11) is 0. The van der Waals surface area contributed by atoms with Crippen molar-refractivity contribution in [2.75, 3.05) is 10.6 Å². The van der Waals surface area contributed by atoms with Crippen LogP contribution in [0.15, 0.2) is 66.9 Å². The maximum Gasteiger partial charge on any atom is 0.573 e. The Labute approximate surface area is 181 Å². The van der Waals surface area contributed by atoms with Crippen molar-refractivity contribution < 1.29 is 27.4 Å². The Kier molecular flexibility index (Phi) is 5.72. The molecule has 1 aliphatic rings. The minimum Gasteiger partial charge on any atom is -0.436 e. The number of halogens is 3. The van der Waals surface area contributed by atoms with Crippen LogP contribution in [-0.4, -0.2) is 17.4 Å². The molecule has 1 aliphatic carbocycles. The van der Waals surface area contributed by atoms with Crippen LogP contribution in [0.4, 0.5) is 29.3 Å². The zero-order chi connectivity index (χ0) is 22.7. The summed E-state index contributed by atoms with van der Waals surface area (Å²) in [5.41, 5.74) is 3.89. The predicted molar refractivity (Wildman–Crippen MR) is 114 cm³/mol. The van der Waals surface area contributed by atoms with Gasteiger partial charge >= 0.3 is 12.4 Å². The second-order valence-electron chi connectivity index (χ2n) is 6.99. The van der Waals surface area contributed by atoms with Crippen LogP contribution in [0.2, 0.25) is 0 Å². The van der Waals surface area contributed by atoms with Crippen molar-refractivity contribution in [3.8, 4) is 17.4 Å². The number of nitrogens with one attached hydrogen (secondary N) is 2.